The van der Waals surface area contributed by atoms with Crippen LogP contribution in [0, 0.1) is 0 Å². The minimum absolute atomic E-state index is 0.0155. The van der Waals surface area contributed by atoms with E-state index in [4.69, 9.17) is 9.47 Å². The lowest BCUT2D eigenvalue weighted by molar-refractivity contribution is -0.140. The van der Waals surface area contributed by atoms with Crippen molar-refractivity contribution in [2.75, 3.05) is 40.4 Å². The number of phenols is 1. The van der Waals surface area contributed by atoms with Crippen molar-refractivity contribution in [3.8, 4) is 17.2 Å². The summed E-state index contributed by atoms with van der Waals surface area (Å²) < 4.78 is 10.5. The number of methoxy groups -OCH3 is 2. The van der Waals surface area contributed by atoms with E-state index in [1.807, 2.05) is 0 Å². The number of ether oxygens (including phenoxy) is 2. The van der Waals surface area contributed by atoms with Crippen LogP contribution in [0.4, 0.5) is 0 Å². The predicted octanol–water partition coefficient (Wildman–Crippen LogP) is 5.12. The van der Waals surface area contributed by atoms with Gasteiger partial charge in [-0.25, -0.2) is 0 Å². The Bertz CT molecular complexity index is 1120. The van der Waals surface area contributed by atoms with Gasteiger partial charge in [0.2, 0.25) is 0 Å². The van der Waals surface area contributed by atoms with Crippen molar-refractivity contribution >= 4 is 17.4 Å². The smallest absolute Gasteiger partial charge is 0.295 e. The third-order valence-corrected chi connectivity index (χ3v) is 6.95. The van der Waals surface area contributed by atoms with Gasteiger partial charge in [0.1, 0.15) is 11.5 Å². The van der Waals surface area contributed by atoms with E-state index in [2.05, 4.69) is 18.7 Å². The largest absolute Gasteiger partial charge is 0.507 e. The molecule has 0 bridgehead atoms. The molecule has 2 aromatic carbocycles. The third-order valence-electron chi connectivity index (χ3n) is 6.95. The normalized spacial score (nSPS) is 16.9. The SMILES string of the molecule is CCCCN(CCCC)CCCN1C(=O)C(=O)/C(=C(\O)c2ccc(OC)cc2)C1c1ccc(O)c(OC)c1. The first kappa shape index (κ1) is 29.0. The van der Waals surface area contributed by atoms with Gasteiger partial charge in [0, 0.05) is 12.1 Å². The van der Waals surface area contributed by atoms with Crippen LogP contribution in [0.5, 0.6) is 17.2 Å². The van der Waals surface area contributed by atoms with E-state index in [-0.39, 0.29) is 22.8 Å². The number of ketones is 1. The van der Waals surface area contributed by atoms with Crippen LogP contribution < -0.4 is 9.47 Å². The van der Waals surface area contributed by atoms with Crippen LogP contribution >= 0.6 is 0 Å². The van der Waals surface area contributed by atoms with Gasteiger partial charge >= 0.3 is 0 Å². The molecule has 0 aromatic heterocycles. The number of unbranched alkanes of at least 4 members (excludes halogenated alkanes) is 2. The average molecular weight is 525 g/mol. The van der Waals surface area contributed by atoms with Crippen LogP contribution in [-0.4, -0.2) is 72.1 Å². The molecule has 1 amide bonds. The molecular weight excluding hydrogens is 484 g/mol. The molecule has 0 saturated carbocycles. The molecule has 8 heteroatoms. The Labute approximate surface area is 225 Å². The monoisotopic (exact) mass is 524 g/mol. The topological polar surface area (TPSA) is 99.5 Å². The lowest BCUT2D eigenvalue weighted by Gasteiger charge is -2.28. The first-order valence-electron chi connectivity index (χ1n) is 13.4. The van der Waals surface area contributed by atoms with Crippen LogP contribution in [-0.2, 0) is 9.59 Å². The number of nitrogens with zero attached hydrogens (tertiary/aromatic N) is 2. The van der Waals surface area contributed by atoms with Gasteiger partial charge in [0.15, 0.2) is 11.5 Å². The van der Waals surface area contributed by atoms with Crippen molar-refractivity contribution in [3.05, 3.63) is 59.2 Å². The zero-order valence-electron chi connectivity index (χ0n) is 22.9. The summed E-state index contributed by atoms with van der Waals surface area (Å²) >= 11 is 0. The van der Waals surface area contributed by atoms with Gasteiger partial charge < -0.3 is 29.5 Å². The van der Waals surface area contributed by atoms with Crippen molar-refractivity contribution in [3.63, 3.8) is 0 Å². The molecule has 1 fully saturated rings. The summed E-state index contributed by atoms with van der Waals surface area (Å²) in [4.78, 5) is 30.6. The maximum absolute atomic E-state index is 13.3. The molecule has 1 heterocycles. The van der Waals surface area contributed by atoms with Gasteiger partial charge in [-0.15, -0.1) is 0 Å². The molecule has 8 nitrogen and oxygen atoms in total. The molecule has 3 rings (SSSR count). The summed E-state index contributed by atoms with van der Waals surface area (Å²) in [6.45, 7) is 7.52. The fourth-order valence-corrected chi connectivity index (χ4v) is 4.79. The van der Waals surface area contributed by atoms with Crippen LogP contribution in [0.2, 0.25) is 0 Å². The van der Waals surface area contributed by atoms with Crippen molar-refractivity contribution in [1.82, 2.24) is 9.80 Å². The molecule has 0 aliphatic carbocycles. The first-order chi connectivity index (χ1) is 18.4. The van der Waals surface area contributed by atoms with Crippen LogP contribution in [0.3, 0.4) is 0 Å². The highest BCUT2D eigenvalue weighted by atomic mass is 16.5. The Morgan fingerprint density at radius 2 is 1.55 bits per heavy atom. The summed E-state index contributed by atoms with van der Waals surface area (Å²) in [6.07, 6.45) is 5.15. The van der Waals surface area contributed by atoms with E-state index < -0.39 is 17.7 Å². The maximum Gasteiger partial charge on any atom is 0.295 e. The number of Topliss-reactive ketones (excluding diaryl/α,β-unsaturated/α-hetero) is 1. The molecule has 1 aliphatic heterocycles. The number of carbonyl (C=O) groups is 2. The lowest BCUT2D eigenvalue weighted by atomic mass is 9.95. The van der Waals surface area contributed by atoms with Gasteiger partial charge in [-0.2, -0.15) is 0 Å². The second kappa shape index (κ2) is 13.9. The molecule has 1 atom stereocenters. The van der Waals surface area contributed by atoms with E-state index in [1.165, 1.54) is 18.1 Å². The Balaban J connectivity index is 1.97. The number of amides is 1. The number of phenolic OH excluding ortho intramolecular Hbond substituents is 1. The van der Waals surface area contributed by atoms with Crippen LogP contribution in [0.25, 0.3) is 5.76 Å². The molecule has 38 heavy (non-hydrogen) atoms. The number of carbonyl (C=O) groups excluding carboxylic acids is 2. The Hall–Kier alpha value is -3.52. The van der Waals surface area contributed by atoms with E-state index >= 15 is 0 Å². The number of benzene rings is 2. The molecule has 1 aliphatic rings. The fourth-order valence-electron chi connectivity index (χ4n) is 4.79. The average Bonchev–Trinajstić information content (AvgIpc) is 3.19. The van der Waals surface area contributed by atoms with Crippen molar-refractivity contribution in [2.45, 2.75) is 52.0 Å². The quantitative estimate of drug-likeness (QED) is 0.201. The third kappa shape index (κ3) is 6.67. The van der Waals surface area contributed by atoms with Crippen molar-refractivity contribution in [1.29, 1.82) is 0 Å². The molecule has 1 unspecified atom stereocenters. The van der Waals surface area contributed by atoms with Gasteiger partial charge in [-0.05, 0) is 80.9 Å². The highest BCUT2D eigenvalue weighted by Gasteiger charge is 2.46. The molecular formula is C30H40N2O6. The highest BCUT2D eigenvalue weighted by Crippen LogP contribution is 2.42. The second-order valence-electron chi connectivity index (χ2n) is 9.55. The molecule has 0 radical (unpaired) electrons. The highest BCUT2D eigenvalue weighted by molar-refractivity contribution is 6.46. The molecule has 2 N–H and O–H groups in total. The van der Waals surface area contributed by atoms with E-state index in [1.54, 1.807) is 43.5 Å². The van der Waals surface area contributed by atoms with E-state index in [9.17, 15) is 19.8 Å². The summed E-state index contributed by atoms with van der Waals surface area (Å²) in [6, 6.07) is 10.6. The molecule has 2 aromatic rings. The second-order valence-corrected chi connectivity index (χ2v) is 9.55. The van der Waals surface area contributed by atoms with Gasteiger partial charge in [0.25, 0.3) is 11.7 Å². The summed E-state index contributed by atoms with van der Waals surface area (Å²) in [5, 5.41) is 21.4. The van der Waals surface area contributed by atoms with Crippen LogP contribution in [0.15, 0.2) is 48.0 Å². The number of aromatic hydroxyl groups is 1. The van der Waals surface area contributed by atoms with Gasteiger partial charge in [-0.1, -0.05) is 32.8 Å². The Kier molecular flexibility index (Phi) is 10.6. The van der Waals surface area contributed by atoms with E-state index in [0.717, 1.165) is 45.3 Å². The maximum atomic E-state index is 13.3. The predicted molar refractivity (Wildman–Crippen MR) is 148 cm³/mol. The minimum Gasteiger partial charge on any atom is -0.507 e. The van der Waals surface area contributed by atoms with Gasteiger partial charge in [-0.3, -0.25) is 9.59 Å². The standard InChI is InChI=1S/C30H40N2O6/c1-5-7-16-31(17-8-6-2)18-9-19-32-27(22-12-15-24(33)25(20-22)38-4)26(29(35)30(32)36)28(34)21-10-13-23(37-3)14-11-21/h10-15,20,27,33-34H,5-9,16-19H2,1-4H3/b28-26-. The first-order valence-corrected chi connectivity index (χ1v) is 13.4. The van der Waals surface area contributed by atoms with Crippen molar-refractivity contribution < 1.29 is 29.3 Å². The Morgan fingerprint density at radius 1 is 0.921 bits per heavy atom. The Morgan fingerprint density at radius 3 is 2.13 bits per heavy atom. The number of likely N-dealkylation sites (tertiary alicyclic amines) is 1. The number of rotatable bonds is 14. The molecule has 0 spiro atoms. The summed E-state index contributed by atoms with van der Waals surface area (Å²) in [7, 11) is 2.98. The molecule has 206 valence electrons. The minimum atomic E-state index is -0.814. The van der Waals surface area contributed by atoms with Gasteiger partial charge in [0.05, 0.1) is 25.8 Å². The summed E-state index contributed by atoms with van der Waals surface area (Å²) in [5.41, 5.74) is 0.995. The fraction of sp³-hybridized carbons (Fsp3) is 0.467. The van der Waals surface area contributed by atoms with Crippen molar-refractivity contribution in [2.24, 2.45) is 0 Å². The number of aliphatic hydroxyl groups is 1. The summed E-state index contributed by atoms with van der Waals surface area (Å²) in [5.74, 6) is -0.848. The number of aliphatic hydroxyl groups excluding tert-OH is 1. The molecule has 1 saturated heterocycles. The van der Waals surface area contributed by atoms with Crippen LogP contribution in [0.1, 0.15) is 63.1 Å². The number of hydrogen-bond acceptors (Lipinski definition) is 7. The lowest BCUT2D eigenvalue weighted by Crippen LogP contribution is -2.34. The number of hydrogen-bond donors (Lipinski definition) is 2. The van der Waals surface area contributed by atoms with E-state index in [0.29, 0.717) is 29.8 Å². The zero-order valence-corrected chi connectivity index (χ0v) is 22.9. The zero-order chi connectivity index (χ0) is 27.7.